The van der Waals surface area contributed by atoms with Gasteiger partial charge in [-0.25, -0.2) is 9.07 Å². The molecule has 1 amide bonds. The molecule has 0 unspecified atom stereocenters. The number of carbonyl (C=O) groups excluding carboxylic acids is 1. The number of halogens is 1. The maximum atomic E-state index is 13.3. The first kappa shape index (κ1) is 17.7. The predicted octanol–water partition coefficient (Wildman–Crippen LogP) is 4.61. The Kier molecular flexibility index (Phi) is 4.97. The maximum absolute atomic E-state index is 13.3. The minimum Gasteiger partial charge on any atom is -0.347 e. The molecule has 0 saturated carbocycles. The van der Waals surface area contributed by atoms with E-state index in [-0.39, 0.29) is 11.7 Å². The predicted molar refractivity (Wildman–Crippen MR) is 107 cm³/mol. The third kappa shape index (κ3) is 3.83. The number of para-hydroxylation sites is 1. The Hall–Kier alpha value is -3.73. The van der Waals surface area contributed by atoms with Crippen molar-refractivity contribution in [3.05, 3.63) is 108 Å². The summed E-state index contributed by atoms with van der Waals surface area (Å²) < 4.78 is 14.9. The standard InChI is InChI=1S/C23H18FN3O/c24-19-13-11-18(12-14-19)21-15-22(27(26-21)20-9-5-2-6-10-20)23(28)25-16-17-7-3-1-4-8-17/h1-15H,16H2,(H,25,28). The van der Waals surface area contributed by atoms with Gasteiger partial charge in [-0.2, -0.15) is 5.10 Å². The molecule has 28 heavy (non-hydrogen) atoms. The number of rotatable bonds is 5. The van der Waals surface area contributed by atoms with Crippen LogP contribution in [0.5, 0.6) is 0 Å². The van der Waals surface area contributed by atoms with Gasteiger partial charge in [-0.1, -0.05) is 48.5 Å². The van der Waals surface area contributed by atoms with Crippen molar-refractivity contribution in [2.45, 2.75) is 6.54 Å². The first-order chi connectivity index (χ1) is 13.7. The summed E-state index contributed by atoms with van der Waals surface area (Å²) in [6, 6.07) is 27.0. The van der Waals surface area contributed by atoms with E-state index in [1.54, 1.807) is 22.9 Å². The molecule has 0 atom stereocenters. The van der Waals surface area contributed by atoms with Crippen LogP contribution in [-0.2, 0) is 6.54 Å². The zero-order chi connectivity index (χ0) is 19.3. The summed E-state index contributed by atoms with van der Waals surface area (Å²) in [4.78, 5) is 12.9. The molecule has 0 aliphatic carbocycles. The second kappa shape index (κ2) is 7.88. The quantitative estimate of drug-likeness (QED) is 0.557. The molecule has 1 N–H and O–H groups in total. The van der Waals surface area contributed by atoms with Crippen molar-refractivity contribution in [2.75, 3.05) is 0 Å². The van der Waals surface area contributed by atoms with E-state index in [0.29, 0.717) is 17.9 Å². The molecule has 0 bridgehead atoms. The molecule has 5 heteroatoms. The molecule has 0 saturated heterocycles. The van der Waals surface area contributed by atoms with Gasteiger partial charge in [0, 0.05) is 12.1 Å². The highest BCUT2D eigenvalue weighted by Crippen LogP contribution is 2.22. The third-order valence-electron chi connectivity index (χ3n) is 4.38. The van der Waals surface area contributed by atoms with Gasteiger partial charge in [0.25, 0.3) is 5.91 Å². The van der Waals surface area contributed by atoms with Crippen LogP contribution in [-0.4, -0.2) is 15.7 Å². The number of hydrogen-bond acceptors (Lipinski definition) is 2. The Morgan fingerprint density at radius 1 is 0.893 bits per heavy atom. The monoisotopic (exact) mass is 371 g/mol. The SMILES string of the molecule is O=C(NCc1ccccc1)c1cc(-c2ccc(F)cc2)nn1-c1ccccc1. The fourth-order valence-corrected chi connectivity index (χ4v) is 2.94. The minimum absolute atomic E-state index is 0.228. The Balaban J connectivity index is 1.68. The van der Waals surface area contributed by atoms with Crippen LogP contribution in [0.4, 0.5) is 4.39 Å². The van der Waals surface area contributed by atoms with E-state index in [4.69, 9.17) is 0 Å². The summed E-state index contributed by atoms with van der Waals surface area (Å²) in [7, 11) is 0. The lowest BCUT2D eigenvalue weighted by molar-refractivity contribution is 0.0943. The van der Waals surface area contributed by atoms with Crippen LogP contribution in [0.1, 0.15) is 16.1 Å². The number of benzene rings is 3. The zero-order valence-corrected chi connectivity index (χ0v) is 15.0. The normalized spacial score (nSPS) is 10.6. The van der Waals surface area contributed by atoms with Crippen molar-refractivity contribution in [3.8, 4) is 16.9 Å². The highest BCUT2D eigenvalue weighted by atomic mass is 19.1. The zero-order valence-electron chi connectivity index (χ0n) is 15.0. The highest BCUT2D eigenvalue weighted by Gasteiger charge is 2.17. The van der Waals surface area contributed by atoms with Gasteiger partial charge in [0.15, 0.2) is 0 Å². The smallest absolute Gasteiger partial charge is 0.270 e. The molecule has 3 aromatic carbocycles. The topological polar surface area (TPSA) is 46.9 Å². The maximum Gasteiger partial charge on any atom is 0.270 e. The van der Waals surface area contributed by atoms with Crippen LogP contribution in [0.25, 0.3) is 16.9 Å². The molecule has 1 heterocycles. The van der Waals surface area contributed by atoms with E-state index >= 15 is 0 Å². The average molecular weight is 371 g/mol. The number of hydrogen-bond donors (Lipinski definition) is 1. The van der Waals surface area contributed by atoms with Gasteiger partial charge in [-0.15, -0.1) is 0 Å². The van der Waals surface area contributed by atoms with Gasteiger partial charge in [0.1, 0.15) is 11.5 Å². The summed E-state index contributed by atoms with van der Waals surface area (Å²) in [6.07, 6.45) is 0. The van der Waals surface area contributed by atoms with Crippen LogP contribution < -0.4 is 5.32 Å². The van der Waals surface area contributed by atoms with Gasteiger partial charge < -0.3 is 5.32 Å². The lowest BCUT2D eigenvalue weighted by atomic mass is 10.1. The third-order valence-corrected chi connectivity index (χ3v) is 4.38. The fourth-order valence-electron chi connectivity index (χ4n) is 2.94. The summed E-state index contributed by atoms with van der Waals surface area (Å²) in [5.74, 6) is -0.541. The largest absolute Gasteiger partial charge is 0.347 e. The number of nitrogens with one attached hydrogen (secondary N) is 1. The Labute approximate surface area is 162 Å². The van der Waals surface area contributed by atoms with Crippen molar-refractivity contribution in [2.24, 2.45) is 0 Å². The van der Waals surface area contributed by atoms with E-state index < -0.39 is 0 Å². The molecule has 0 aliphatic rings. The van der Waals surface area contributed by atoms with E-state index in [9.17, 15) is 9.18 Å². The molecule has 4 rings (SSSR count). The molecule has 1 aromatic heterocycles. The van der Waals surface area contributed by atoms with Gasteiger partial charge in [-0.3, -0.25) is 4.79 Å². The molecular formula is C23H18FN3O. The van der Waals surface area contributed by atoms with Crippen molar-refractivity contribution < 1.29 is 9.18 Å². The Bertz CT molecular complexity index is 1070. The van der Waals surface area contributed by atoms with Crippen LogP contribution in [0.3, 0.4) is 0 Å². The summed E-state index contributed by atoms with van der Waals surface area (Å²) in [6.45, 7) is 0.422. The van der Waals surface area contributed by atoms with Crippen LogP contribution in [0.2, 0.25) is 0 Å². The molecule has 4 aromatic rings. The number of aromatic nitrogens is 2. The van der Waals surface area contributed by atoms with Crippen molar-refractivity contribution >= 4 is 5.91 Å². The summed E-state index contributed by atoms with van der Waals surface area (Å²) in [5.41, 5.74) is 3.56. The van der Waals surface area contributed by atoms with E-state index in [2.05, 4.69) is 10.4 Å². The lowest BCUT2D eigenvalue weighted by Gasteiger charge is -2.08. The van der Waals surface area contributed by atoms with Crippen LogP contribution in [0, 0.1) is 5.82 Å². The van der Waals surface area contributed by atoms with E-state index in [1.165, 1.54) is 12.1 Å². The van der Waals surface area contributed by atoms with Gasteiger partial charge >= 0.3 is 0 Å². The number of carbonyl (C=O) groups is 1. The second-order valence-electron chi connectivity index (χ2n) is 6.34. The highest BCUT2D eigenvalue weighted by molar-refractivity contribution is 5.94. The lowest BCUT2D eigenvalue weighted by Crippen LogP contribution is -2.25. The average Bonchev–Trinajstić information content (AvgIpc) is 3.19. The first-order valence-corrected chi connectivity index (χ1v) is 8.94. The Morgan fingerprint density at radius 3 is 2.21 bits per heavy atom. The number of amides is 1. The molecule has 0 aliphatic heterocycles. The summed E-state index contributed by atoms with van der Waals surface area (Å²) >= 11 is 0. The van der Waals surface area contributed by atoms with E-state index in [0.717, 1.165) is 16.8 Å². The molecule has 0 fully saturated rings. The van der Waals surface area contributed by atoms with Crippen molar-refractivity contribution in [1.29, 1.82) is 0 Å². The molecular weight excluding hydrogens is 353 g/mol. The molecule has 138 valence electrons. The second-order valence-corrected chi connectivity index (χ2v) is 6.34. The van der Waals surface area contributed by atoms with Crippen molar-refractivity contribution in [3.63, 3.8) is 0 Å². The van der Waals surface area contributed by atoms with Gasteiger partial charge in [0.2, 0.25) is 0 Å². The number of nitrogens with zero attached hydrogens (tertiary/aromatic N) is 2. The van der Waals surface area contributed by atoms with E-state index in [1.807, 2.05) is 60.7 Å². The van der Waals surface area contributed by atoms with Crippen molar-refractivity contribution in [1.82, 2.24) is 15.1 Å². The van der Waals surface area contributed by atoms with Gasteiger partial charge in [-0.05, 0) is 48.0 Å². The molecule has 0 radical (unpaired) electrons. The Morgan fingerprint density at radius 2 is 1.54 bits per heavy atom. The van der Waals surface area contributed by atoms with Crippen LogP contribution >= 0.6 is 0 Å². The van der Waals surface area contributed by atoms with Gasteiger partial charge in [0.05, 0.1) is 11.4 Å². The minimum atomic E-state index is -0.313. The first-order valence-electron chi connectivity index (χ1n) is 8.94. The van der Waals surface area contributed by atoms with Crippen LogP contribution in [0.15, 0.2) is 91.0 Å². The fraction of sp³-hybridized carbons (Fsp3) is 0.0435. The molecule has 0 spiro atoms. The summed E-state index contributed by atoms with van der Waals surface area (Å²) in [5, 5.41) is 7.53. The molecule has 4 nitrogen and oxygen atoms in total.